The maximum absolute atomic E-state index is 12.0. The van der Waals surface area contributed by atoms with Gasteiger partial charge in [0.15, 0.2) is 0 Å². The van der Waals surface area contributed by atoms with Crippen molar-refractivity contribution in [1.29, 1.82) is 0 Å². The van der Waals surface area contributed by atoms with Crippen molar-refractivity contribution in [3.05, 3.63) is 167 Å². The number of imidazole rings is 1. The summed E-state index contributed by atoms with van der Waals surface area (Å²) in [4.78, 5) is 10.1. The number of hydrogen-bond donors (Lipinski definition) is 1. The van der Waals surface area contributed by atoms with Crippen LogP contribution in [-0.4, -0.2) is 19.6 Å². The summed E-state index contributed by atoms with van der Waals surface area (Å²) in [5.74, 6) is -1.67. The minimum atomic E-state index is -2.65. The number of hydrogen-bond acceptors (Lipinski definition) is 3. The smallest absolute Gasteiger partial charge is 0.148 e. The molecular weight excluding hydrogens is 950 g/mol. The number of pyridine rings is 1. The summed E-state index contributed by atoms with van der Waals surface area (Å²) in [5.41, 5.74) is 9.12. The molecule has 5 heteroatoms. The molecule has 0 fully saturated rings. The topological polar surface area (TPSA) is 50.9 Å². The van der Waals surface area contributed by atoms with Crippen molar-refractivity contribution < 1.29 is 39.9 Å². The minimum Gasteiger partial charge on any atom is -0.507 e. The fourth-order valence-corrected chi connectivity index (χ4v) is 7.82. The number of rotatable bonds is 8. The van der Waals surface area contributed by atoms with E-state index in [0.29, 0.717) is 83.9 Å². The number of para-hydroxylation sites is 1. The van der Waals surface area contributed by atoms with Gasteiger partial charge in [0.1, 0.15) is 11.6 Å². The van der Waals surface area contributed by atoms with E-state index in [9.17, 15) is 5.11 Å². The fraction of sp³-hybridized carbons (Fsp3) is 0.276. The maximum atomic E-state index is 12.0. The molecule has 324 valence electrons. The van der Waals surface area contributed by atoms with Gasteiger partial charge in [0, 0.05) is 39.8 Å². The van der Waals surface area contributed by atoms with Crippen LogP contribution >= 0.6 is 0 Å². The van der Waals surface area contributed by atoms with E-state index in [1.165, 1.54) is 0 Å². The van der Waals surface area contributed by atoms with Crippen LogP contribution in [0.2, 0.25) is 0 Å². The molecular formula is C58H60N3OPt-. The number of fused-ring (bicyclic) bond motifs is 1. The van der Waals surface area contributed by atoms with Crippen LogP contribution in [-0.2, 0) is 31.9 Å². The first kappa shape index (κ1) is 33.9. The van der Waals surface area contributed by atoms with E-state index in [-0.39, 0.29) is 60.9 Å². The number of benzene rings is 6. The van der Waals surface area contributed by atoms with E-state index in [0.717, 1.165) is 11.1 Å². The molecule has 4 nitrogen and oxygen atoms in total. The largest absolute Gasteiger partial charge is 0.507 e. The molecule has 0 aliphatic heterocycles. The van der Waals surface area contributed by atoms with E-state index < -0.39 is 36.8 Å². The third-order valence-corrected chi connectivity index (χ3v) is 11.6. The van der Waals surface area contributed by atoms with Gasteiger partial charge >= 0.3 is 0 Å². The first-order chi connectivity index (χ1) is 33.2. The number of aromatic nitrogens is 3. The van der Waals surface area contributed by atoms with Crippen LogP contribution in [0.1, 0.15) is 128 Å². The maximum Gasteiger partial charge on any atom is 0.148 e. The van der Waals surface area contributed by atoms with E-state index in [4.69, 9.17) is 23.7 Å². The Kier molecular flexibility index (Phi) is 9.44. The molecule has 0 bridgehead atoms. The molecule has 0 atom stereocenters. The van der Waals surface area contributed by atoms with Crippen LogP contribution in [0.15, 0.2) is 127 Å². The second kappa shape index (κ2) is 17.5. The zero-order chi connectivity index (χ0) is 52.9. The van der Waals surface area contributed by atoms with Gasteiger partial charge in [-0.2, -0.15) is 0 Å². The number of phenolic OH excluding ortho intramolecular Hbond substituents is 1. The zero-order valence-corrected chi connectivity index (χ0v) is 40.1. The number of nitrogens with zero attached hydrogens (tertiary/aromatic N) is 3. The Labute approximate surface area is 403 Å². The molecule has 2 aromatic heterocycles. The molecule has 0 unspecified atom stereocenters. The van der Waals surface area contributed by atoms with Crippen LogP contribution in [0.4, 0.5) is 0 Å². The molecule has 63 heavy (non-hydrogen) atoms. The van der Waals surface area contributed by atoms with Crippen LogP contribution < -0.4 is 0 Å². The summed E-state index contributed by atoms with van der Waals surface area (Å²) in [6.07, 6.45) is 1.55. The van der Waals surface area contributed by atoms with Crippen molar-refractivity contribution in [1.82, 2.24) is 14.5 Å². The second-order valence-corrected chi connectivity index (χ2v) is 18.8. The Balaban J connectivity index is 0.00000780. The Morgan fingerprint density at radius 1 is 0.683 bits per heavy atom. The summed E-state index contributed by atoms with van der Waals surface area (Å²) in [6.45, 7) is 18.9. The van der Waals surface area contributed by atoms with Crippen LogP contribution in [0.25, 0.3) is 72.7 Å². The minimum absolute atomic E-state index is 0. The molecule has 0 aliphatic rings. The van der Waals surface area contributed by atoms with Gasteiger partial charge in [-0.15, -0.1) is 29.3 Å². The van der Waals surface area contributed by atoms with Crippen LogP contribution in [0, 0.1) is 19.8 Å². The molecule has 0 amide bonds. The normalized spacial score (nSPS) is 14.8. The van der Waals surface area contributed by atoms with Gasteiger partial charge in [-0.3, -0.25) is 9.55 Å². The Hall–Kier alpha value is -5.57. The molecule has 1 N–H and O–H groups in total. The summed E-state index contributed by atoms with van der Waals surface area (Å²) in [5, 5.41) is 12.0. The standard InChI is InChI=1S/C58H60N3O.Pt/c1-35(2)42-27-43(36(3)4)29-44(28-42)40-21-22-52(37(5)25-40)61-53-20-16-19-49(54(53)60-56(61)50-34-47(57(7,8)9)26-38(6)55(50)62)45-30-46(32-48(31-45)58(10,11)12)51-33-41(23-24-59-51)39-17-14-13-15-18-39;/h13-29,31-36,62H,1-12H3;/q-1;/i5D3,13D,14D,15D,17D,18D,35D,36D;. The van der Waals surface area contributed by atoms with Crippen LogP contribution in [0.5, 0.6) is 5.75 Å². The van der Waals surface area contributed by atoms with E-state index in [1.807, 2.05) is 78.2 Å². The summed E-state index contributed by atoms with van der Waals surface area (Å²) >= 11 is 0. The molecule has 0 saturated heterocycles. The average Bonchev–Trinajstić information content (AvgIpc) is 3.68. The van der Waals surface area contributed by atoms with Gasteiger partial charge in [0.2, 0.25) is 0 Å². The summed E-state index contributed by atoms with van der Waals surface area (Å²) in [7, 11) is 0. The van der Waals surface area contributed by atoms with Crippen molar-refractivity contribution in [3.63, 3.8) is 0 Å². The van der Waals surface area contributed by atoms with E-state index in [1.54, 1.807) is 58.2 Å². The van der Waals surface area contributed by atoms with E-state index in [2.05, 4.69) is 47.6 Å². The van der Waals surface area contributed by atoms with E-state index >= 15 is 0 Å². The monoisotopic (exact) mass is 1020 g/mol. The molecule has 0 aliphatic carbocycles. The van der Waals surface area contributed by atoms with Crippen molar-refractivity contribution in [3.8, 4) is 67.5 Å². The third kappa shape index (κ3) is 9.11. The Morgan fingerprint density at radius 2 is 1.33 bits per heavy atom. The fourth-order valence-electron chi connectivity index (χ4n) is 7.82. The SMILES string of the molecule is [2H]c1c([2H])c([2H])c(-c2ccnc(-c3[c-]c(-c4cccc5c4nc(-c4cc(C(C)(C)C)cc(C)c4O)n5-c4ccc(-c5cc(C([2H])(C)C)cc(C([2H])(C)C)c5)cc4C([2H])([2H])[2H])cc(C(C)(C)C)c3)c2)c([2H])c1[2H].[Pt]. The predicted octanol–water partition coefficient (Wildman–Crippen LogP) is 15.7. The molecule has 0 radical (unpaired) electrons. The van der Waals surface area contributed by atoms with Gasteiger partial charge in [-0.1, -0.05) is 159 Å². The first-order valence-electron chi connectivity index (χ1n) is 26.0. The van der Waals surface area contributed by atoms with Gasteiger partial charge in [-0.05, 0) is 117 Å². The molecule has 0 saturated carbocycles. The average molecular weight is 1020 g/mol. The Bertz CT molecular complexity index is 3420. The third-order valence-electron chi connectivity index (χ3n) is 11.6. The van der Waals surface area contributed by atoms with Gasteiger partial charge < -0.3 is 5.11 Å². The van der Waals surface area contributed by atoms with Crippen molar-refractivity contribution >= 4 is 11.0 Å². The van der Waals surface area contributed by atoms with Crippen molar-refractivity contribution in [2.24, 2.45) is 0 Å². The van der Waals surface area contributed by atoms with Crippen molar-refractivity contribution in [2.45, 2.75) is 106 Å². The summed E-state index contributed by atoms with van der Waals surface area (Å²) < 4.78 is 88.9. The van der Waals surface area contributed by atoms with Gasteiger partial charge in [0.05, 0.1) is 29.1 Å². The predicted molar refractivity (Wildman–Crippen MR) is 262 cm³/mol. The van der Waals surface area contributed by atoms with Crippen LogP contribution in [0.3, 0.4) is 0 Å². The second-order valence-electron chi connectivity index (χ2n) is 18.8. The van der Waals surface area contributed by atoms with Gasteiger partial charge in [0.25, 0.3) is 0 Å². The Morgan fingerprint density at radius 3 is 1.98 bits per heavy atom. The number of aryl methyl sites for hydroxylation is 2. The molecule has 8 rings (SSSR count). The molecule has 2 heterocycles. The summed E-state index contributed by atoms with van der Waals surface area (Å²) in [6, 6.07) is 29.5. The molecule has 0 spiro atoms. The first-order valence-corrected chi connectivity index (χ1v) is 21.0. The molecule has 6 aromatic carbocycles. The zero-order valence-electron chi connectivity index (χ0n) is 47.8. The number of phenols is 1. The number of aromatic hydroxyl groups is 1. The quantitative estimate of drug-likeness (QED) is 0.154. The van der Waals surface area contributed by atoms with Gasteiger partial charge in [-0.25, -0.2) is 4.98 Å². The molecule has 8 aromatic rings. The van der Waals surface area contributed by atoms with Crippen molar-refractivity contribution in [2.75, 3.05) is 0 Å².